The van der Waals surface area contributed by atoms with E-state index in [9.17, 15) is 4.79 Å². The van der Waals surface area contributed by atoms with Gasteiger partial charge in [0.2, 0.25) is 5.91 Å². The molecule has 0 saturated heterocycles. The molecule has 0 aliphatic heterocycles. The Balaban J connectivity index is 1.97. The second-order valence-corrected chi connectivity index (χ2v) is 6.60. The lowest BCUT2D eigenvalue weighted by Gasteiger charge is -2.27. The Hall–Kier alpha value is -2.14. The van der Waals surface area contributed by atoms with Crippen LogP contribution in [0.15, 0.2) is 35.7 Å². The summed E-state index contributed by atoms with van der Waals surface area (Å²) in [6, 6.07) is 8.38. The van der Waals surface area contributed by atoms with E-state index in [0.29, 0.717) is 6.04 Å². The van der Waals surface area contributed by atoms with Gasteiger partial charge in [0.25, 0.3) is 0 Å². The number of anilines is 2. The number of nitrogens with zero attached hydrogens (tertiary/aromatic N) is 2. The van der Waals surface area contributed by atoms with E-state index in [4.69, 9.17) is 0 Å². The molecule has 0 aliphatic rings. The number of benzene rings is 1. The van der Waals surface area contributed by atoms with Crippen molar-refractivity contribution in [2.45, 2.75) is 33.7 Å². The highest BCUT2D eigenvalue weighted by Crippen LogP contribution is 2.20. The summed E-state index contributed by atoms with van der Waals surface area (Å²) >= 11 is 1.57. The number of hydrogen-bond donors (Lipinski definition) is 1. The van der Waals surface area contributed by atoms with Gasteiger partial charge < -0.3 is 10.2 Å². The number of aromatic nitrogens is 1. The summed E-state index contributed by atoms with van der Waals surface area (Å²) in [7, 11) is 0. The van der Waals surface area contributed by atoms with Gasteiger partial charge >= 0.3 is 0 Å². The summed E-state index contributed by atoms with van der Waals surface area (Å²) in [6.45, 7) is 9.38. The van der Waals surface area contributed by atoms with Gasteiger partial charge in [0.1, 0.15) is 0 Å². The van der Waals surface area contributed by atoms with Crippen molar-refractivity contribution in [2.24, 2.45) is 0 Å². The van der Waals surface area contributed by atoms with Gasteiger partial charge in [-0.1, -0.05) is 0 Å². The molecule has 0 unspecified atom stereocenters. The molecule has 2 aromatic rings. The first-order valence-electron chi connectivity index (χ1n) is 7.77. The third kappa shape index (κ3) is 4.93. The number of rotatable bonds is 6. The molecule has 23 heavy (non-hydrogen) atoms. The zero-order valence-electron chi connectivity index (χ0n) is 14.0. The smallest absolute Gasteiger partial charge is 0.248 e. The van der Waals surface area contributed by atoms with Crippen LogP contribution >= 0.6 is 11.3 Å². The van der Waals surface area contributed by atoms with E-state index in [1.165, 1.54) is 6.08 Å². The average molecular weight is 329 g/mol. The number of nitrogens with one attached hydrogen (secondary N) is 1. The molecule has 4 nitrogen and oxygen atoms in total. The predicted molar refractivity (Wildman–Crippen MR) is 99.1 cm³/mol. The van der Waals surface area contributed by atoms with Gasteiger partial charge in [-0.25, -0.2) is 4.98 Å². The molecule has 1 heterocycles. The fourth-order valence-electron chi connectivity index (χ4n) is 2.38. The van der Waals surface area contributed by atoms with Crippen LogP contribution in [0.4, 0.5) is 11.4 Å². The van der Waals surface area contributed by atoms with Crippen LogP contribution in [0.2, 0.25) is 0 Å². The van der Waals surface area contributed by atoms with Crippen LogP contribution in [0.1, 0.15) is 31.5 Å². The van der Waals surface area contributed by atoms with Gasteiger partial charge in [-0.15, -0.1) is 11.3 Å². The van der Waals surface area contributed by atoms with Crippen molar-refractivity contribution < 1.29 is 4.79 Å². The summed E-state index contributed by atoms with van der Waals surface area (Å²) < 4.78 is 0. The zero-order valence-corrected chi connectivity index (χ0v) is 14.9. The summed E-state index contributed by atoms with van der Waals surface area (Å²) in [5, 5.41) is 5.79. The van der Waals surface area contributed by atoms with E-state index >= 15 is 0 Å². The predicted octanol–water partition coefficient (Wildman–Crippen LogP) is 4.34. The molecular weight excluding hydrogens is 306 g/mol. The first kappa shape index (κ1) is 17.2. The lowest BCUT2D eigenvalue weighted by molar-refractivity contribution is -0.111. The van der Waals surface area contributed by atoms with Crippen LogP contribution in [0.25, 0.3) is 6.08 Å². The Morgan fingerprint density at radius 1 is 1.35 bits per heavy atom. The molecule has 0 atom stereocenters. The van der Waals surface area contributed by atoms with Gasteiger partial charge in [-0.2, -0.15) is 0 Å². The van der Waals surface area contributed by atoms with Crippen molar-refractivity contribution >= 4 is 34.7 Å². The highest BCUT2D eigenvalue weighted by atomic mass is 32.1. The minimum absolute atomic E-state index is 0.153. The Bertz CT molecular complexity index is 674. The van der Waals surface area contributed by atoms with E-state index < -0.39 is 0 Å². The van der Waals surface area contributed by atoms with Gasteiger partial charge in [-0.05, 0) is 58.0 Å². The highest BCUT2D eigenvalue weighted by Gasteiger charge is 2.08. The fraction of sp³-hybridized carbons (Fsp3) is 0.333. The fourth-order valence-corrected chi connectivity index (χ4v) is 2.96. The quantitative estimate of drug-likeness (QED) is 0.802. The summed E-state index contributed by atoms with van der Waals surface area (Å²) in [4.78, 5) is 18.5. The molecule has 2 rings (SSSR count). The second-order valence-electron chi connectivity index (χ2n) is 5.54. The molecule has 0 spiro atoms. The summed E-state index contributed by atoms with van der Waals surface area (Å²) in [5.41, 5.74) is 2.76. The number of amides is 1. The maximum atomic E-state index is 11.9. The van der Waals surface area contributed by atoms with Crippen LogP contribution in [0.3, 0.4) is 0 Å². The van der Waals surface area contributed by atoms with Crippen molar-refractivity contribution in [1.29, 1.82) is 0 Å². The molecule has 0 bridgehead atoms. The molecule has 1 aromatic heterocycles. The van der Waals surface area contributed by atoms with Crippen LogP contribution in [-0.4, -0.2) is 23.5 Å². The Morgan fingerprint density at radius 2 is 2.04 bits per heavy atom. The molecule has 0 fully saturated rings. The van der Waals surface area contributed by atoms with Crippen LogP contribution in [0, 0.1) is 6.92 Å². The molecule has 0 radical (unpaired) electrons. The SMILES string of the molecule is CCN(c1ccc(NC(=O)/C=C/c2csc(C)n2)cc1)C(C)C. The first-order chi connectivity index (χ1) is 11.0. The molecule has 1 N–H and O–H groups in total. The van der Waals surface area contributed by atoms with Crippen molar-refractivity contribution in [2.75, 3.05) is 16.8 Å². The van der Waals surface area contributed by atoms with Crippen LogP contribution < -0.4 is 10.2 Å². The van der Waals surface area contributed by atoms with E-state index in [0.717, 1.165) is 28.6 Å². The number of hydrogen-bond acceptors (Lipinski definition) is 4. The topological polar surface area (TPSA) is 45.2 Å². The number of carbonyl (C=O) groups is 1. The van der Waals surface area contributed by atoms with Crippen molar-refractivity contribution in [1.82, 2.24) is 4.98 Å². The maximum Gasteiger partial charge on any atom is 0.248 e. The monoisotopic (exact) mass is 329 g/mol. The first-order valence-corrected chi connectivity index (χ1v) is 8.65. The molecule has 5 heteroatoms. The highest BCUT2D eigenvalue weighted by molar-refractivity contribution is 7.09. The van der Waals surface area contributed by atoms with Gasteiger partial charge in [0.05, 0.1) is 10.7 Å². The molecule has 1 aromatic carbocycles. The van der Waals surface area contributed by atoms with Gasteiger partial charge in [0, 0.05) is 35.4 Å². The molecular formula is C18H23N3OS. The minimum atomic E-state index is -0.153. The average Bonchev–Trinajstić information content (AvgIpc) is 2.93. The van der Waals surface area contributed by atoms with Crippen molar-refractivity contribution in [3.05, 3.63) is 46.4 Å². The summed E-state index contributed by atoms with van der Waals surface area (Å²) in [6.07, 6.45) is 3.24. The van der Waals surface area contributed by atoms with E-state index in [1.807, 2.05) is 36.6 Å². The number of thiazole rings is 1. The Morgan fingerprint density at radius 3 is 2.57 bits per heavy atom. The van der Waals surface area contributed by atoms with E-state index in [2.05, 4.69) is 36.0 Å². The van der Waals surface area contributed by atoms with Crippen LogP contribution in [0.5, 0.6) is 0 Å². The molecule has 1 amide bonds. The molecule has 0 saturated carbocycles. The third-order valence-electron chi connectivity index (χ3n) is 3.47. The largest absolute Gasteiger partial charge is 0.369 e. The second kappa shape index (κ2) is 7.92. The summed E-state index contributed by atoms with van der Waals surface area (Å²) in [5.74, 6) is -0.153. The van der Waals surface area contributed by atoms with Crippen molar-refractivity contribution in [3.8, 4) is 0 Å². The molecule has 0 aliphatic carbocycles. The standard InChI is InChI=1S/C18H23N3OS/c1-5-21(13(2)3)17-9-6-15(7-10-17)20-18(22)11-8-16-12-23-14(4)19-16/h6-13H,5H2,1-4H3,(H,20,22)/b11-8+. The van der Waals surface area contributed by atoms with Gasteiger partial charge in [0.15, 0.2) is 0 Å². The van der Waals surface area contributed by atoms with Crippen molar-refractivity contribution in [3.63, 3.8) is 0 Å². The third-order valence-corrected chi connectivity index (χ3v) is 4.26. The lowest BCUT2D eigenvalue weighted by atomic mass is 10.2. The normalized spacial score (nSPS) is 11.2. The van der Waals surface area contributed by atoms with E-state index in [-0.39, 0.29) is 5.91 Å². The Kier molecular flexibility index (Phi) is 5.93. The maximum absolute atomic E-state index is 11.9. The molecule has 122 valence electrons. The Labute approximate surface area is 141 Å². The van der Waals surface area contributed by atoms with Crippen LogP contribution in [-0.2, 0) is 4.79 Å². The lowest BCUT2D eigenvalue weighted by Crippen LogP contribution is -2.30. The minimum Gasteiger partial charge on any atom is -0.369 e. The number of aryl methyl sites for hydroxylation is 1. The zero-order chi connectivity index (χ0) is 16.8. The van der Waals surface area contributed by atoms with Gasteiger partial charge in [-0.3, -0.25) is 4.79 Å². The number of carbonyl (C=O) groups excluding carboxylic acids is 1. The van der Waals surface area contributed by atoms with E-state index in [1.54, 1.807) is 17.4 Å².